The van der Waals surface area contributed by atoms with Gasteiger partial charge in [-0.3, -0.25) is 4.79 Å². The van der Waals surface area contributed by atoms with Crippen LogP contribution in [-0.2, 0) is 0 Å². The maximum atomic E-state index is 13.2. The molecule has 0 unspecified atom stereocenters. The van der Waals surface area contributed by atoms with Crippen LogP contribution in [0.4, 0.5) is 0 Å². The van der Waals surface area contributed by atoms with Crippen molar-refractivity contribution in [2.75, 3.05) is 0 Å². The van der Waals surface area contributed by atoms with E-state index in [0.717, 1.165) is 0 Å². The average Bonchev–Trinajstić information content (AvgIpc) is 2.61. The van der Waals surface area contributed by atoms with Gasteiger partial charge in [-0.25, -0.2) is 0 Å². The van der Waals surface area contributed by atoms with Gasteiger partial charge in [0.05, 0.1) is 16.5 Å². The molecule has 0 saturated carbocycles. The largest absolute Gasteiger partial charge is 0.506 e. The third-order valence-electron chi connectivity index (χ3n) is 5.24. The molecule has 5 rings (SSSR count). The molecule has 3 heterocycles. The van der Waals surface area contributed by atoms with Crippen LogP contribution in [-0.4, -0.2) is 21.4 Å². The number of phenolic OH excluding ortho intramolecular Hbond substituents is 2. The first kappa shape index (κ1) is 17.7. The van der Waals surface area contributed by atoms with E-state index < -0.39 is 16.6 Å². The minimum absolute atomic E-state index is 0.0459. The maximum Gasteiger partial charge on any atom is 0.204 e. The second kappa shape index (κ2) is 5.35. The van der Waals surface area contributed by atoms with Crippen LogP contribution in [0, 0.1) is 0 Å². The fourth-order valence-corrected chi connectivity index (χ4v) is 3.80. The van der Waals surface area contributed by atoms with Gasteiger partial charge in [-0.2, -0.15) is 0 Å². The fourth-order valence-electron chi connectivity index (χ4n) is 3.80. The van der Waals surface area contributed by atoms with E-state index in [1.54, 1.807) is 18.2 Å². The molecule has 0 spiro atoms. The van der Waals surface area contributed by atoms with Gasteiger partial charge < -0.3 is 24.1 Å². The lowest BCUT2D eigenvalue weighted by atomic mass is 9.97. The molecule has 0 bridgehead atoms. The number of aromatic hydroxyl groups is 2. The van der Waals surface area contributed by atoms with Gasteiger partial charge in [0.2, 0.25) is 5.43 Å². The Balaban J connectivity index is 1.89. The average molecular weight is 392 g/mol. The van der Waals surface area contributed by atoms with Gasteiger partial charge in [0.25, 0.3) is 0 Å². The zero-order valence-electron chi connectivity index (χ0n) is 16.5. The minimum Gasteiger partial charge on any atom is -0.506 e. The molecule has 2 aromatic carbocycles. The second-order valence-electron chi connectivity index (χ2n) is 8.53. The number of hydrogen-bond donors (Lipinski definition) is 2. The van der Waals surface area contributed by atoms with Gasteiger partial charge in [-0.15, -0.1) is 0 Å². The van der Waals surface area contributed by atoms with Crippen molar-refractivity contribution in [3.05, 3.63) is 45.6 Å². The first-order chi connectivity index (χ1) is 13.6. The maximum absolute atomic E-state index is 13.2. The molecule has 0 radical (unpaired) electrons. The van der Waals surface area contributed by atoms with Gasteiger partial charge in [-0.05, 0) is 58.1 Å². The Morgan fingerprint density at radius 3 is 2.28 bits per heavy atom. The van der Waals surface area contributed by atoms with Crippen LogP contribution in [0.5, 0.6) is 23.0 Å². The normalized spacial score (nSPS) is 18.2. The van der Waals surface area contributed by atoms with Gasteiger partial charge in [0.15, 0.2) is 11.5 Å². The lowest BCUT2D eigenvalue weighted by molar-refractivity contribution is 0.153. The molecule has 0 saturated heterocycles. The van der Waals surface area contributed by atoms with Crippen molar-refractivity contribution in [1.82, 2.24) is 0 Å². The number of hydrogen-bond acceptors (Lipinski definition) is 6. The Bertz CT molecular complexity index is 1340. The lowest BCUT2D eigenvalue weighted by Crippen LogP contribution is -2.28. The molecule has 6 nitrogen and oxygen atoms in total. The van der Waals surface area contributed by atoms with Crippen molar-refractivity contribution >= 4 is 34.1 Å². The molecular formula is C23H20O6. The fraction of sp³-hybridized carbons (Fsp3) is 0.261. The summed E-state index contributed by atoms with van der Waals surface area (Å²) < 4.78 is 17.9. The van der Waals surface area contributed by atoms with Crippen LogP contribution < -0.4 is 14.9 Å². The monoisotopic (exact) mass is 392 g/mol. The topological polar surface area (TPSA) is 89.1 Å². The van der Waals surface area contributed by atoms with Crippen molar-refractivity contribution in [2.45, 2.75) is 38.9 Å². The third-order valence-corrected chi connectivity index (χ3v) is 5.24. The molecule has 1 aromatic heterocycles. The molecule has 0 fully saturated rings. The van der Waals surface area contributed by atoms with Crippen molar-refractivity contribution < 1.29 is 24.1 Å². The summed E-state index contributed by atoms with van der Waals surface area (Å²) in [6, 6.07) is 2.94. The smallest absolute Gasteiger partial charge is 0.204 e. The van der Waals surface area contributed by atoms with Crippen molar-refractivity contribution in [1.29, 1.82) is 0 Å². The van der Waals surface area contributed by atoms with Gasteiger partial charge in [-0.1, -0.05) is 0 Å². The molecule has 148 valence electrons. The lowest BCUT2D eigenvalue weighted by Gasteiger charge is -2.29. The van der Waals surface area contributed by atoms with E-state index in [4.69, 9.17) is 13.9 Å². The quantitative estimate of drug-likeness (QED) is 0.538. The Kier molecular flexibility index (Phi) is 3.26. The molecule has 0 aliphatic carbocycles. The van der Waals surface area contributed by atoms with E-state index >= 15 is 0 Å². The van der Waals surface area contributed by atoms with Crippen LogP contribution in [0.15, 0.2) is 33.5 Å². The third kappa shape index (κ3) is 2.52. The molecule has 2 aliphatic heterocycles. The Morgan fingerprint density at radius 1 is 0.897 bits per heavy atom. The van der Waals surface area contributed by atoms with E-state index in [0.29, 0.717) is 16.9 Å². The molecule has 3 aromatic rings. The molecule has 29 heavy (non-hydrogen) atoms. The van der Waals surface area contributed by atoms with Crippen LogP contribution >= 0.6 is 0 Å². The first-order valence-corrected chi connectivity index (χ1v) is 9.35. The van der Waals surface area contributed by atoms with E-state index in [9.17, 15) is 15.0 Å². The number of rotatable bonds is 0. The van der Waals surface area contributed by atoms with Gasteiger partial charge in [0.1, 0.15) is 39.3 Å². The number of benzene rings is 2. The molecule has 6 heteroatoms. The summed E-state index contributed by atoms with van der Waals surface area (Å²) in [5.74, 6) is 0.338. The summed E-state index contributed by atoms with van der Waals surface area (Å²) in [4.78, 5) is 13.2. The zero-order chi connectivity index (χ0) is 20.7. The zero-order valence-corrected chi connectivity index (χ0v) is 16.5. The van der Waals surface area contributed by atoms with Crippen LogP contribution in [0.2, 0.25) is 0 Å². The van der Waals surface area contributed by atoms with Crippen molar-refractivity contribution in [3.8, 4) is 23.0 Å². The summed E-state index contributed by atoms with van der Waals surface area (Å²) in [7, 11) is 0. The van der Waals surface area contributed by atoms with E-state index in [2.05, 4.69) is 0 Å². The number of ether oxygens (including phenoxy) is 2. The Labute approximate surface area is 166 Å². The van der Waals surface area contributed by atoms with Gasteiger partial charge >= 0.3 is 0 Å². The minimum atomic E-state index is -0.599. The summed E-state index contributed by atoms with van der Waals surface area (Å²) in [5, 5.41) is 21.5. The van der Waals surface area contributed by atoms with Crippen LogP contribution in [0.3, 0.4) is 0 Å². The SMILES string of the molecule is CC1(C)C=Cc2c(cc3oc4c5c(c(O)cc4c(=O)c3c2O)OC(C)(C)C=C5)O1. The number of fused-ring (bicyclic) bond motifs is 5. The summed E-state index contributed by atoms with van der Waals surface area (Å²) >= 11 is 0. The molecule has 2 aliphatic rings. The summed E-state index contributed by atoms with van der Waals surface area (Å²) in [6.07, 6.45) is 7.16. The second-order valence-corrected chi connectivity index (χ2v) is 8.53. The first-order valence-electron chi connectivity index (χ1n) is 9.35. The van der Waals surface area contributed by atoms with Crippen molar-refractivity contribution in [2.24, 2.45) is 0 Å². The van der Waals surface area contributed by atoms with E-state index in [-0.39, 0.29) is 39.2 Å². The van der Waals surface area contributed by atoms with Gasteiger partial charge in [0, 0.05) is 6.07 Å². The van der Waals surface area contributed by atoms with E-state index in [1.807, 2.05) is 39.8 Å². The number of phenols is 2. The summed E-state index contributed by atoms with van der Waals surface area (Å²) in [6.45, 7) is 7.52. The Morgan fingerprint density at radius 2 is 1.55 bits per heavy atom. The standard InChI is InChI=1S/C23H20O6/c1-22(2)7-5-11-15(28-22)10-16-17(18(11)25)19(26)13-9-14(24)21-12(20(13)27-16)6-8-23(3,4)29-21/h5-10,24-25H,1-4H3. The highest BCUT2D eigenvalue weighted by Crippen LogP contribution is 2.45. The predicted octanol–water partition coefficient (Wildman–Crippen LogP) is 4.73. The highest BCUT2D eigenvalue weighted by atomic mass is 16.5. The Hall–Kier alpha value is -3.41. The molecule has 0 atom stereocenters. The van der Waals surface area contributed by atoms with Crippen LogP contribution in [0.1, 0.15) is 38.8 Å². The highest BCUT2D eigenvalue weighted by molar-refractivity contribution is 6.00. The van der Waals surface area contributed by atoms with E-state index in [1.165, 1.54) is 6.07 Å². The molecule has 0 amide bonds. The van der Waals surface area contributed by atoms with Crippen LogP contribution in [0.25, 0.3) is 34.1 Å². The summed E-state index contributed by atoms with van der Waals surface area (Å²) in [5.41, 5.74) is -0.179. The van der Waals surface area contributed by atoms with Crippen molar-refractivity contribution in [3.63, 3.8) is 0 Å². The molecular weight excluding hydrogens is 372 g/mol. The predicted molar refractivity (Wildman–Crippen MR) is 111 cm³/mol. The highest BCUT2D eigenvalue weighted by Gasteiger charge is 2.30. The molecule has 2 N–H and O–H groups in total.